The van der Waals surface area contributed by atoms with Crippen molar-refractivity contribution in [2.45, 2.75) is 25.8 Å². The molecule has 0 aliphatic heterocycles. The molecule has 0 radical (unpaired) electrons. The summed E-state index contributed by atoms with van der Waals surface area (Å²) in [5, 5.41) is 1.34. The highest BCUT2D eigenvalue weighted by Crippen LogP contribution is 2.22. The quantitative estimate of drug-likeness (QED) is 0.597. The van der Waals surface area contributed by atoms with Crippen molar-refractivity contribution in [3.05, 3.63) is 48.7 Å². The van der Waals surface area contributed by atoms with Gasteiger partial charge in [0.1, 0.15) is 0 Å². The minimum atomic E-state index is 0.709. The predicted molar refractivity (Wildman–Crippen MR) is 74.1 cm³/mol. The maximum atomic E-state index is 5.66. The number of aryl methyl sites for hydroxylation is 1. The molecule has 0 atom stereocenters. The number of aromatic nitrogens is 1. The molecule has 1 aromatic carbocycles. The van der Waals surface area contributed by atoms with Crippen LogP contribution in [0.25, 0.3) is 10.9 Å². The van der Waals surface area contributed by atoms with Crippen LogP contribution in [0.3, 0.4) is 0 Å². The molecule has 0 aliphatic rings. The van der Waals surface area contributed by atoms with Crippen molar-refractivity contribution in [3.8, 4) is 0 Å². The molecule has 2 aromatic rings. The molecule has 0 bridgehead atoms. The average Bonchev–Trinajstić information content (AvgIpc) is 2.70. The zero-order valence-corrected chi connectivity index (χ0v) is 10.2. The van der Waals surface area contributed by atoms with E-state index in [-0.39, 0.29) is 0 Å². The molecule has 1 heterocycles. The van der Waals surface area contributed by atoms with Crippen molar-refractivity contribution >= 4 is 10.9 Å². The van der Waals surface area contributed by atoms with Gasteiger partial charge < -0.3 is 10.3 Å². The Kier molecular flexibility index (Phi) is 3.99. The summed E-state index contributed by atoms with van der Waals surface area (Å²) < 4.78 is 2.34. The highest BCUT2D eigenvalue weighted by molar-refractivity contribution is 5.84. The second-order valence-corrected chi connectivity index (χ2v) is 4.33. The van der Waals surface area contributed by atoms with Crippen molar-refractivity contribution in [3.63, 3.8) is 0 Å². The smallest absolute Gasteiger partial charge is 0.0483 e. The standard InChI is InChI=1S/C15H20N2/c1-2-3-6-11-17-12-13(9-10-16)14-7-4-5-8-15(14)17/h2,4-5,7-8,12H,1,3,6,9-11,16H2. The van der Waals surface area contributed by atoms with E-state index in [0.717, 1.165) is 25.8 Å². The number of hydrogen-bond acceptors (Lipinski definition) is 1. The maximum absolute atomic E-state index is 5.66. The lowest BCUT2D eigenvalue weighted by atomic mass is 10.1. The number of rotatable bonds is 6. The highest BCUT2D eigenvalue weighted by Gasteiger charge is 2.06. The molecule has 0 spiro atoms. The van der Waals surface area contributed by atoms with Crippen LogP contribution in [0.1, 0.15) is 18.4 Å². The van der Waals surface area contributed by atoms with Crippen LogP contribution in [0.4, 0.5) is 0 Å². The fourth-order valence-corrected chi connectivity index (χ4v) is 2.27. The summed E-state index contributed by atoms with van der Waals surface area (Å²) in [6.07, 6.45) is 7.39. The molecule has 2 N–H and O–H groups in total. The summed E-state index contributed by atoms with van der Waals surface area (Å²) in [6, 6.07) is 8.56. The first kappa shape index (κ1) is 11.9. The van der Waals surface area contributed by atoms with E-state index in [4.69, 9.17) is 5.73 Å². The van der Waals surface area contributed by atoms with Crippen molar-refractivity contribution in [2.75, 3.05) is 6.54 Å². The Morgan fingerprint density at radius 3 is 2.88 bits per heavy atom. The number of unbranched alkanes of at least 4 members (excludes halogenated alkanes) is 1. The zero-order chi connectivity index (χ0) is 12.1. The van der Waals surface area contributed by atoms with Crippen LogP contribution in [0.15, 0.2) is 43.1 Å². The summed E-state index contributed by atoms with van der Waals surface area (Å²) in [7, 11) is 0. The Morgan fingerprint density at radius 2 is 2.12 bits per heavy atom. The number of fused-ring (bicyclic) bond motifs is 1. The first-order valence-corrected chi connectivity index (χ1v) is 6.24. The highest BCUT2D eigenvalue weighted by atomic mass is 15.0. The molecule has 0 unspecified atom stereocenters. The molecule has 2 rings (SSSR count). The zero-order valence-electron chi connectivity index (χ0n) is 10.2. The van der Waals surface area contributed by atoms with Crippen LogP contribution < -0.4 is 5.73 Å². The summed E-state index contributed by atoms with van der Waals surface area (Å²) in [4.78, 5) is 0. The molecule has 90 valence electrons. The summed E-state index contributed by atoms with van der Waals surface area (Å²) in [5.41, 5.74) is 8.34. The van der Waals surface area contributed by atoms with Gasteiger partial charge in [0.2, 0.25) is 0 Å². The molecule has 17 heavy (non-hydrogen) atoms. The molecule has 2 heteroatoms. The second kappa shape index (κ2) is 5.69. The van der Waals surface area contributed by atoms with E-state index in [0.29, 0.717) is 6.54 Å². The normalized spacial score (nSPS) is 10.9. The van der Waals surface area contributed by atoms with Gasteiger partial charge in [-0.3, -0.25) is 0 Å². The van der Waals surface area contributed by atoms with E-state index in [2.05, 4.69) is 41.6 Å². The monoisotopic (exact) mass is 228 g/mol. The van der Waals surface area contributed by atoms with E-state index >= 15 is 0 Å². The summed E-state index contributed by atoms with van der Waals surface area (Å²) >= 11 is 0. The number of para-hydroxylation sites is 1. The SMILES string of the molecule is C=CCCCn1cc(CCN)c2ccccc21. The molecule has 0 saturated heterocycles. The third-order valence-electron chi connectivity index (χ3n) is 3.09. The van der Waals surface area contributed by atoms with E-state index in [1.807, 2.05) is 6.08 Å². The van der Waals surface area contributed by atoms with Crippen LogP contribution in [-0.2, 0) is 13.0 Å². The van der Waals surface area contributed by atoms with Gasteiger partial charge in [-0.15, -0.1) is 6.58 Å². The van der Waals surface area contributed by atoms with Crippen molar-refractivity contribution in [1.29, 1.82) is 0 Å². The topological polar surface area (TPSA) is 30.9 Å². The molecular weight excluding hydrogens is 208 g/mol. The van der Waals surface area contributed by atoms with E-state index in [1.54, 1.807) is 0 Å². The lowest BCUT2D eigenvalue weighted by molar-refractivity contribution is 0.669. The number of allylic oxidation sites excluding steroid dienone is 1. The van der Waals surface area contributed by atoms with E-state index in [1.165, 1.54) is 16.5 Å². The molecule has 0 saturated carbocycles. The first-order chi connectivity index (χ1) is 8.36. The molecular formula is C15H20N2. The van der Waals surface area contributed by atoms with Gasteiger partial charge in [0, 0.05) is 23.6 Å². The van der Waals surface area contributed by atoms with Gasteiger partial charge in [-0.1, -0.05) is 24.3 Å². The van der Waals surface area contributed by atoms with Crippen LogP contribution in [0.2, 0.25) is 0 Å². The van der Waals surface area contributed by atoms with Gasteiger partial charge in [-0.05, 0) is 37.4 Å². The van der Waals surface area contributed by atoms with Gasteiger partial charge in [0.15, 0.2) is 0 Å². The minimum Gasteiger partial charge on any atom is -0.347 e. The van der Waals surface area contributed by atoms with Gasteiger partial charge in [-0.25, -0.2) is 0 Å². The minimum absolute atomic E-state index is 0.709. The second-order valence-electron chi connectivity index (χ2n) is 4.33. The predicted octanol–water partition coefficient (Wildman–Crippen LogP) is 3.11. The van der Waals surface area contributed by atoms with E-state index in [9.17, 15) is 0 Å². The van der Waals surface area contributed by atoms with Crippen LogP contribution in [0, 0.1) is 0 Å². The van der Waals surface area contributed by atoms with Crippen LogP contribution >= 0.6 is 0 Å². The Balaban J connectivity index is 2.31. The van der Waals surface area contributed by atoms with Crippen molar-refractivity contribution in [2.24, 2.45) is 5.73 Å². The van der Waals surface area contributed by atoms with Gasteiger partial charge in [0.05, 0.1) is 0 Å². The average molecular weight is 228 g/mol. The largest absolute Gasteiger partial charge is 0.347 e. The first-order valence-electron chi connectivity index (χ1n) is 6.24. The fraction of sp³-hybridized carbons (Fsp3) is 0.333. The molecule has 0 fully saturated rings. The number of hydrogen-bond donors (Lipinski definition) is 1. The molecule has 0 amide bonds. The van der Waals surface area contributed by atoms with Gasteiger partial charge in [-0.2, -0.15) is 0 Å². The van der Waals surface area contributed by atoms with Crippen molar-refractivity contribution in [1.82, 2.24) is 4.57 Å². The van der Waals surface area contributed by atoms with Crippen LogP contribution in [-0.4, -0.2) is 11.1 Å². The van der Waals surface area contributed by atoms with Gasteiger partial charge in [0.25, 0.3) is 0 Å². The lowest BCUT2D eigenvalue weighted by Gasteiger charge is -2.03. The Hall–Kier alpha value is -1.54. The third kappa shape index (κ3) is 2.59. The van der Waals surface area contributed by atoms with Gasteiger partial charge >= 0.3 is 0 Å². The van der Waals surface area contributed by atoms with Crippen molar-refractivity contribution < 1.29 is 0 Å². The third-order valence-corrected chi connectivity index (χ3v) is 3.09. The molecule has 2 nitrogen and oxygen atoms in total. The number of nitrogens with two attached hydrogens (primary N) is 1. The Labute approximate surface area is 103 Å². The Bertz CT molecular complexity index is 497. The van der Waals surface area contributed by atoms with E-state index < -0.39 is 0 Å². The summed E-state index contributed by atoms with van der Waals surface area (Å²) in [6.45, 7) is 5.52. The van der Waals surface area contributed by atoms with Crippen LogP contribution in [0.5, 0.6) is 0 Å². The fourth-order valence-electron chi connectivity index (χ4n) is 2.27. The number of nitrogens with zero attached hydrogens (tertiary/aromatic N) is 1. The molecule has 0 aliphatic carbocycles. The maximum Gasteiger partial charge on any atom is 0.0483 e. The number of benzene rings is 1. The summed E-state index contributed by atoms with van der Waals surface area (Å²) in [5.74, 6) is 0. The lowest BCUT2D eigenvalue weighted by Crippen LogP contribution is -2.02. The Morgan fingerprint density at radius 1 is 1.29 bits per heavy atom. The molecule has 1 aromatic heterocycles.